The zero-order valence-corrected chi connectivity index (χ0v) is 2.53. The Labute approximate surface area is 50.0 Å². The van der Waals surface area contributed by atoms with Crippen LogP contribution in [-0.4, -0.2) is 46.1 Å². The zero-order valence-electron chi connectivity index (χ0n) is 1.12. The Morgan fingerprint density at radius 1 is 1.25 bits per heavy atom. The van der Waals surface area contributed by atoms with Gasteiger partial charge in [0.25, 0.3) is 0 Å². The third-order valence-electron chi connectivity index (χ3n) is 0. The van der Waals surface area contributed by atoms with Gasteiger partial charge in [-0.2, -0.15) is 0 Å². The Kier molecular flexibility index (Phi) is 150. The van der Waals surface area contributed by atoms with Gasteiger partial charge < -0.3 is 0 Å². The Hall–Kier alpha value is 1.15. The quantitative estimate of drug-likeness (QED) is 0.288. The number of hydrogen-bond acceptors (Lipinski definition) is 1. The van der Waals surface area contributed by atoms with E-state index in [1.54, 1.807) is 0 Å². The summed E-state index contributed by atoms with van der Waals surface area (Å²) in [5.41, 5.74) is 0. The molecule has 0 aliphatic carbocycles. The molecule has 0 amide bonds. The molecule has 0 heterocycles. The van der Waals surface area contributed by atoms with E-state index in [1.165, 1.54) is 0 Å². The third-order valence-corrected chi connectivity index (χ3v) is 0. The minimum Gasteiger partial charge on any atom is -0.0149 e. The summed E-state index contributed by atoms with van der Waals surface area (Å²) >= 11 is 0.611. The van der Waals surface area contributed by atoms with Gasteiger partial charge in [0.15, 0.2) is 0 Å². The van der Waals surface area contributed by atoms with Crippen LogP contribution in [0.4, 0.5) is 0 Å². The van der Waals surface area contributed by atoms with Crippen molar-refractivity contribution < 1.29 is 3.80 Å². The van der Waals surface area contributed by atoms with Crippen molar-refractivity contribution in [2.75, 3.05) is 0 Å². The monoisotopic (exact) mass is 84.0 g/mol. The summed E-state index contributed by atoms with van der Waals surface area (Å²) in [7, 11) is 0. The predicted octanol–water partition coefficient (Wildman–Crippen LogP) is -2.87. The van der Waals surface area contributed by atoms with Crippen molar-refractivity contribution in [2.24, 2.45) is 0 Å². The van der Waals surface area contributed by atoms with E-state index in [-0.39, 0.29) is 29.8 Å². The summed E-state index contributed by atoms with van der Waals surface area (Å²) in [6.45, 7) is 0. The Balaban J connectivity index is -0.00000000500. The molecule has 0 bridgehead atoms. The summed E-state index contributed by atoms with van der Waals surface area (Å²) in [5, 5.41) is 0. The molecular weight excluding hydrogens is 78.0 g/mol. The second-order valence-corrected chi connectivity index (χ2v) is 0. The molecule has 4 heteroatoms. The maximum Gasteiger partial charge on any atom is -0.0149 e. The topological polar surface area (TPSA) is 17.1 Å². The summed E-state index contributed by atoms with van der Waals surface area (Å²) in [5.74, 6) is 0. The number of hydrogen-bond donors (Lipinski definition) is 0. The van der Waals surface area contributed by atoms with Crippen LogP contribution in [0.3, 0.4) is 0 Å². The second-order valence-electron chi connectivity index (χ2n) is 0. The van der Waals surface area contributed by atoms with Crippen LogP contribution in [0.5, 0.6) is 0 Å². The van der Waals surface area contributed by atoms with Gasteiger partial charge >= 0.3 is 38.9 Å². The molecule has 0 rings (SSSR count). The van der Waals surface area contributed by atoms with E-state index in [4.69, 9.17) is 3.80 Å². The van der Waals surface area contributed by atoms with Gasteiger partial charge in [-0.1, -0.05) is 0 Å². The van der Waals surface area contributed by atoms with E-state index in [2.05, 4.69) is 0 Å². The van der Waals surface area contributed by atoms with Crippen LogP contribution in [0.25, 0.3) is 0 Å². The van der Waals surface area contributed by atoms with Crippen LogP contribution >= 0.6 is 0 Å². The summed E-state index contributed by atoms with van der Waals surface area (Å²) < 4.78 is 8.28. The van der Waals surface area contributed by atoms with Gasteiger partial charge in [0.1, 0.15) is 0 Å². The van der Waals surface area contributed by atoms with Crippen LogP contribution in [0, 0.1) is 0 Å². The average molecular weight is 84.1 g/mol. The van der Waals surface area contributed by atoms with Crippen LogP contribution in [-0.2, 0) is 3.80 Å². The molecule has 0 aromatic carbocycles. The van der Waals surface area contributed by atoms with E-state index in [0.717, 1.165) is 0 Å². The minimum absolute atomic E-state index is 0. The molecule has 0 aromatic rings. The molecule has 0 radical (unpaired) electrons. The molecule has 0 unspecified atom stereocenters. The van der Waals surface area contributed by atoms with E-state index in [1.807, 2.05) is 0 Å². The largest absolute Gasteiger partial charge is 0.0149 e. The fraction of sp³-hybridized carbons (Fsp3) is 0. The molecule has 0 aliphatic heterocycles. The second kappa shape index (κ2) is 31.2. The molecule has 0 saturated carbocycles. The van der Waals surface area contributed by atoms with E-state index >= 15 is 0 Å². The molecular formula is H6AlLiOSi. The summed E-state index contributed by atoms with van der Waals surface area (Å²) in [4.78, 5) is 0. The van der Waals surface area contributed by atoms with Crippen molar-refractivity contribution in [1.29, 1.82) is 0 Å². The third kappa shape index (κ3) is 11.0. The first-order chi connectivity index (χ1) is 1.00. The molecule has 1 nitrogen and oxygen atoms in total. The number of rotatable bonds is 0. The average Bonchev–Trinajstić information content (AvgIpc) is 1.00. The molecule has 0 fully saturated rings. The van der Waals surface area contributed by atoms with E-state index in [9.17, 15) is 0 Å². The van der Waals surface area contributed by atoms with E-state index in [0.29, 0.717) is 16.2 Å². The summed E-state index contributed by atoms with van der Waals surface area (Å²) in [6, 6.07) is 0. The van der Waals surface area contributed by atoms with Crippen molar-refractivity contribution in [3.05, 3.63) is 0 Å². The van der Waals surface area contributed by atoms with Crippen LogP contribution in [0.1, 0.15) is 0 Å². The maximum absolute atomic E-state index is 8.28. The van der Waals surface area contributed by atoms with Crippen molar-refractivity contribution in [3.63, 3.8) is 0 Å². The SMILES string of the molecule is [LiH].[O]=[AlH].[SiH4]. The van der Waals surface area contributed by atoms with Gasteiger partial charge in [-0.25, -0.2) is 0 Å². The van der Waals surface area contributed by atoms with Gasteiger partial charge in [-0.3, -0.25) is 0 Å². The first-order valence-corrected chi connectivity index (χ1v) is 0.866. The maximum atomic E-state index is 8.28. The van der Waals surface area contributed by atoms with Crippen molar-refractivity contribution in [3.8, 4) is 0 Å². The zero-order chi connectivity index (χ0) is 2.00. The summed E-state index contributed by atoms with van der Waals surface area (Å²) in [6.07, 6.45) is 0. The molecule has 0 aliphatic rings. The van der Waals surface area contributed by atoms with Crippen molar-refractivity contribution in [2.45, 2.75) is 0 Å². The van der Waals surface area contributed by atoms with Gasteiger partial charge in [0.2, 0.25) is 0 Å². The predicted molar refractivity (Wildman–Crippen MR) is 26.3 cm³/mol. The Morgan fingerprint density at radius 3 is 1.25 bits per heavy atom. The molecule has 0 atom stereocenters. The molecule has 0 N–H and O–H groups in total. The molecule has 0 saturated heterocycles. The van der Waals surface area contributed by atoms with E-state index < -0.39 is 0 Å². The fourth-order valence-electron chi connectivity index (χ4n) is 0. The standard InChI is InChI=1S/Al.Li.O.H4Si.2H/h;;;1H4;;. The first kappa shape index (κ1) is 19.2. The Morgan fingerprint density at radius 2 is 1.25 bits per heavy atom. The minimum atomic E-state index is 0. The fourth-order valence-corrected chi connectivity index (χ4v) is 0. The van der Waals surface area contributed by atoms with Crippen LogP contribution < -0.4 is 0 Å². The van der Waals surface area contributed by atoms with Gasteiger partial charge in [-0.05, 0) is 11.0 Å². The van der Waals surface area contributed by atoms with Crippen molar-refractivity contribution in [1.82, 2.24) is 0 Å². The normalized spacial score (nSPS) is 0.750. The van der Waals surface area contributed by atoms with Gasteiger partial charge in [-0.15, -0.1) is 0 Å². The molecule has 20 valence electrons. The first-order valence-electron chi connectivity index (χ1n) is 0.289. The smallest absolute Gasteiger partial charge is 0.0149 e. The van der Waals surface area contributed by atoms with Crippen molar-refractivity contribution >= 4 is 46.1 Å². The van der Waals surface area contributed by atoms with Crippen LogP contribution in [0.15, 0.2) is 0 Å². The molecule has 0 spiro atoms. The van der Waals surface area contributed by atoms with Gasteiger partial charge in [0.05, 0.1) is 0 Å². The van der Waals surface area contributed by atoms with Gasteiger partial charge in [0, 0.05) is 0 Å². The Bertz CT molecular complexity index is 8.00. The molecule has 0 aromatic heterocycles. The van der Waals surface area contributed by atoms with Crippen LogP contribution in [0.2, 0.25) is 0 Å². The molecule has 4 heavy (non-hydrogen) atoms.